The first-order chi connectivity index (χ1) is 8.22. The number of benzene rings is 1. The van der Waals surface area contributed by atoms with Gasteiger partial charge in [0, 0.05) is 0 Å². The summed E-state index contributed by atoms with van der Waals surface area (Å²) in [5, 5.41) is 0.693. The van der Waals surface area contributed by atoms with Gasteiger partial charge in [-0.15, -0.1) is 0 Å². The molecule has 1 aromatic rings. The van der Waals surface area contributed by atoms with Gasteiger partial charge in [0.05, 0.1) is 10.7 Å². The molecule has 0 amide bonds. The number of halogens is 1. The molecule has 0 saturated carbocycles. The SMILES string of the molecule is CCCN1CCC(c2cccc(Cl)c2N)CC1. The Bertz CT molecular complexity index is 370. The van der Waals surface area contributed by atoms with Crippen LogP contribution in [0.15, 0.2) is 18.2 Å². The quantitative estimate of drug-likeness (QED) is 0.835. The Morgan fingerprint density at radius 2 is 2.06 bits per heavy atom. The Morgan fingerprint density at radius 1 is 1.35 bits per heavy atom. The second-order valence-corrected chi connectivity index (χ2v) is 5.27. The van der Waals surface area contributed by atoms with Crippen LogP contribution in [0.2, 0.25) is 5.02 Å². The molecule has 0 radical (unpaired) electrons. The van der Waals surface area contributed by atoms with Crippen molar-refractivity contribution < 1.29 is 0 Å². The first kappa shape index (κ1) is 12.7. The van der Waals surface area contributed by atoms with Crippen molar-refractivity contribution in [2.75, 3.05) is 25.4 Å². The Labute approximate surface area is 109 Å². The van der Waals surface area contributed by atoms with Crippen LogP contribution in [-0.4, -0.2) is 24.5 Å². The molecule has 1 aliphatic heterocycles. The number of nitrogens with two attached hydrogens (primary N) is 1. The van der Waals surface area contributed by atoms with Gasteiger partial charge in [0.15, 0.2) is 0 Å². The van der Waals surface area contributed by atoms with Crippen LogP contribution in [0.5, 0.6) is 0 Å². The molecule has 17 heavy (non-hydrogen) atoms. The van der Waals surface area contributed by atoms with Crippen LogP contribution in [-0.2, 0) is 0 Å². The molecular formula is C14H21ClN2. The molecule has 1 aromatic carbocycles. The minimum Gasteiger partial charge on any atom is -0.397 e. The molecule has 0 aromatic heterocycles. The first-order valence-electron chi connectivity index (χ1n) is 6.48. The largest absolute Gasteiger partial charge is 0.397 e. The van der Waals surface area contributed by atoms with Gasteiger partial charge in [-0.2, -0.15) is 0 Å². The smallest absolute Gasteiger partial charge is 0.0638 e. The van der Waals surface area contributed by atoms with E-state index in [2.05, 4.69) is 17.9 Å². The number of nitrogen functional groups attached to an aromatic ring is 1. The standard InChI is InChI=1S/C14H21ClN2/c1-2-8-17-9-6-11(7-10-17)12-4-3-5-13(15)14(12)16/h3-5,11H,2,6-10,16H2,1H3. The van der Waals surface area contributed by atoms with Gasteiger partial charge < -0.3 is 10.6 Å². The lowest BCUT2D eigenvalue weighted by atomic mass is 9.88. The Hall–Kier alpha value is -0.730. The van der Waals surface area contributed by atoms with E-state index in [9.17, 15) is 0 Å². The maximum Gasteiger partial charge on any atom is 0.0638 e. The average molecular weight is 253 g/mol. The van der Waals surface area contributed by atoms with Crippen LogP contribution in [0.4, 0.5) is 5.69 Å². The molecule has 0 bridgehead atoms. The molecule has 1 aliphatic rings. The number of anilines is 1. The Balaban J connectivity index is 2.03. The average Bonchev–Trinajstić information content (AvgIpc) is 2.34. The van der Waals surface area contributed by atoms with Gasteiger partial charge in [0.1, 0.15) is 0 Å². The number of para-hydroxylation sites is 1. The van der Waals surface area contributed by atoms with E-state index in [4.69, 9.17) is 17.3 Å². The van der Waals surface area contributed by atoms with E-state index in [1.807, 2.05) is 12.1 Å². The first-order valence-corrected chi connectivity index (χ1v) is 6.86. The monoisotopic (exact) mass is 252 g/mol. The fourth-order valence-electron chi connectivity index (χ4n) is 2.69. The molecule has 0 atom stereocenters. The van der Waals surface area contributed by atoms with Crippen LogP contribution < -0.4 is 5.73 Å². The highest BCUT2D eigenvalue weighted by Gasteiger charge is 2.21. The minimum atomic E-state index is 0.585. The number of rotatable bonds is 3. The van der Waals surface area contributed by atoms with Gasteiger partial charge >= 0.3 is 0 Å². The van der Waals surface area contributed by atoms with E-state index in [1.165, 1.54) is 44.5 Å². The van der Waals surface area contributed by atoms with Gasteiger partial charge in [-0.3, -0.25) is 0 Å². The van der Waals surface area contributed by atoms with Crippen molar-refractivity contribution in [1.82, 2.24) is 4.90 Å². The molecule has 3 heteroatoms. The van der Waals surface area contributed by atoms with Crippen LogP contribution in [0.3, 0.4) is 0 Å². The van der Waals surface area contributed by atoms with Gasteiger partial charge in [0.25, 0.3) is 0 Å². The van der Waals surface area contributed by atoms with Crippen molar-refractivity contribution in [3.63, 3.8) is 0 Å². The number of nitrogens with zero attached hydrogens (tertiary/aromatic N) is 1. The fourth-order valence-corrected chi connectivity index (χ4v) is 2.88. The van der Waals surface area contributed by atoms with Crippen molar-refractivity contribution in [2.45, 2.75) is 32.1 Å². The molecule has 0 aliphatic carbocycles. The van der Waals surface area contributed by atoms with Gasteiger partial charge in [-0.25, -0.2) is 0 Å². The zero-order valence-corrected chi connectivity index (χ0v) is 11.2. The third-order valence-electron chi connectivity index (χ3n) is 3.65. The summed E-state index contributed by atoms with van der Waals surface area (Å²) in [5.41, 5.74) is 8.09. The van der Waals surface area contributed by atoms with E-state index < -0.39 is 0 Å². The lowest BCUT2D eigenvalue weighted by Gasteiger charge is -2.32. The maximum absolute atomic E-state index is 6.08. The summed E-state index contributed by atoms with van der Waals surface area (Å²) in [6.45, 7) is 5.83. The summed E-state index contributed by atoms with van der Waals surface area (Å²) in [7, 11) is 0. The molecule has 2 nitrogen and oxygen atoms in total. The highest BCUT2D eigenvalue weighted by atomic mass is 35.5. The highest BCUT2D eigenvalue weighted by molar-refractivity contribution is 6.33. The number of piperidine rings is 1. The molecule has 2 rings (SSSR count). The summed E-state index contributed by atoms with van der Waals surface area (Å²) >= 11 is 6.08. The van der Waals surface area contributed by atoms with Crippen LogP contribution in [0.25, 0.3) is 0 Å². The van der Waals surface area contributed by atoms with E-state index in [0.29, 0.717) is 10.9 Å². The molecule has 94 valence electrons. The third-order valence-corrected chi connectivity index (χ3v) is 3.98. The van der Waals surface area contributed by atoms with Gasteiger partial charge in [0.2, 0.25) is 0 Å². The lowest BCUT2D eigenvalue weighted by molar-refractivity contribution is 0.213. The zero-order chi connectivity index (χ0) is 12.3. The number of hydrogen-bond donors (Lipinski definition) is 1. The predicted molar refractivity (Wildman–Crippen MR) is 74.6 cm³/mol. The molecule has 1 heterocycles. The lowest BCUT2D eigenvalue weighted by Crippen LogP contribution is -2.33. The Morgan fingerprint density at radius 3 is 2.71 bits per heavy atom. The second-order valence-electron chi connectivity index (χ2n) is 4.86. The molecule has 1 fully saturated rings. The molecule has 1 saturated heterocycles. The summed E-state index contributed by atoms with van der Waals surface area (Å²) in [4.78, 5) is 2.54. The predicted octanol–water partition coefficient (Wildman–Crippen LogP) is 3.51. The molecule has 0 spiro atoms. The Kier molecular flexibility index (Phi) is 4.30. The van der Waals surface area contributed by atoms with Crippen LogP contribution in [0.1, 0.15) is 37.7 Å². The summed E-state index contributed by atoms with van der Waals surface area (Å²) in [6, 6.07) is 6.00. The van der Waals surface area contributed by atoms with Crippen molar-refractivity contribution >= 4 is 17.3 Å². The van der Waals surface area contributed by atoms with E-state index in [0.717, 1.165) is 5.69 Å². The van der Waals surface area contributed by atoms with Crippen molar-refractivity contribution in [1.29, 1.82) is 0 Å². The molecular weight excluding hydrogens is 232 g/mol. The second kappa shape index (κ2) is 5.74. The summed E-state index contributed by atoms with van der Waals surface area (Å²) < 4.78 is 0. The normalized spacial score (nSPS) is 18.5. The topological polar surface area (TPSA) is 29.3 Å². The van der Waals surface area contributed by atoms with Crippen LogP contribution in [0, 0.1) is 0 Å². The minimum absolute atomic E-state index is 0.585. The van der Waals surface area contributed by atoms with Crippen molar-refractivity contribution in [3.05, 3.63) is 28.8 Å². The van der Waals surface area contributed by atoms with Crippen molar-refractivity contribution in [3.8, 4) is 0 Å². The van der Waals surface area contributed by atoms with Gasteiger partial charge in [-0.05, 0) is 56.4 Å². The third kappa shape index (κ3) is 2.93. The van der Waals surface area contributed by atoms with E-state index in [1.54, 1.807) is 0 Å². The maximum atomic E-state index is 6.08. The molecule has 2 N–H and O–H groups in total. The summed E-state index contributed by atoms with van der Waals surface area (Å²) in [5.74, 6) is 0.585. The number of hydrogen-bond acceptors (Lipinski definition) is 2. The van der Waals surface area contributed by atoms with E-state index in [-0.39, 0.29) is 0 Å². The fraction of sp³-hybridized carbons (Fsp3) is 0.571. The van der Waals surface area contributed by atoms with Crippen molar-refractivity contribution in [2.24, 2.45) is 0 Å². The summed E-state index contributed by atoms with van der Waals surface area (Å²) in [6.07, 6.45) is 3.64. The zero-order valence-electron chi connectivity index (χ0n) is 10.5. The van der Waals surface area contributed by atoms with E-state index >= 15 is 0 Å². The van der Waals surface area contributed by atoms with Crippen LogP contribution >= 0.6 is 11.6 Å². The molecule has 0 unspecified atom stereocenters. The van der Waals surface area contributed by atoms with Gasteiger partial charge in [-0.1, -0.05) is 30.7 Å². The highest BCUT2D eigenvalue weighted by Crippen LogP contribution is 2.34. The number of likely N-dealkylation sites (tertiary alicyclic amines) is 1.